The average Bonchev–Trinajstić information content (AvgIpc) is 2.26. The van der Waals surface area contributed by atoms with Crippen molar-refractivity contribution in [1.82, 2.24) is 4.90 Å². The summed E-state index contributed by atoms with van der Waals surface area (Å²) in [7, 11) is 0. The highest BCUT2D eigenvalue weighted by atomic mass is 19.4. The van der Waals surface area contributed by atoms with E-state index in [1.807, 2.05) is 18.2 Å². The van der Waals surface area contributed by atoms with Crippen molar-refractivity contribution in [3.05, 3.63) is 29.8 Å². The van der Waals surface area contributed by atoms with Gasteiger partial charge in [0.15, 0.2) is 0 Å². The van der Waals surface area contributed by atoms with E-state index < -0.39 is 12.7 Å². The maximum Gasteiger partial charge on any atom is 0.401 e. The molecule has 0 aliphatic heterocycles. The Morgan fingerprint density at radius 3 is 2.56 bits per heavy atom. The summed E-state index contributed by atoms with van der Waals surface area (Å²) in [5, 5.41) is 0. The van der Waals surface area contributed by atoms with Gasteiger partial charge in [0.05, 0.1) is 6.54 Å². The molecule has 2 nitrogen and oxygen atoms in total. The molecule has 0 atom stereocenters. The molecule has 0 aromatic heterocycles. The molecule has 0 saturated heterocycles. The highest BCUT2D eigenvalue weighted by Crippen LogP contribution is 2.17. The summed E-state index contributed by atoms with van der Waals surface area (Å²) in [6, 6.07) is 7.46. The highest BCUT2D eigenvalue weighted by Gasteiger charge is 2.29. The molecule has 0 unspecified atom stereocenters. The van der Waals surface area contributed by atoms with Crippen molar-refractivity contribution >= 4 is 5.69 Å². The van der Waals surface area contributed by atoms with Crippen LogP contribution in [0.15, 0.2) is 24.3 Å². The monoisotopic (exact) mass is 260 g/mol. The average molecular weight is 260 g/mol. The van der Waals surface area contributed by atoms with Crippen molar-refractivity contribution in [2.75, 3.05) is 25.4 Å². The number of nitrogen functional groups attached to an aromatic ring is 1. The van der Waals surface area contributed by atoms with Gasteiger partial charge in [-0.1, -0.05) is 19.1 Å². The Balaban J connectivity index is 2.35. The first kappa shape index (κ1) is 14.8. The number of nitrogens with zero attached hydrogens (tertiary/aromatic N) is 1. The van der Waals surface area contributed by atoms with Gasteiger partial charge in [0.1, 0.15) is 0 Å². The third-order valence-corrected chi connectivity index (χ3v) is 2.74. The van der Waals surface area contributed by atoms with Crippen molar-refractivity contribution in [3.8, 4) is 0 Å². The summed E-state index contributed by atoms with van der Waals surface area (Å²) < 4.78 is 36.7. The smallest absolute Gasteiger partial charge is 0.399 e. The number of nitrogens with two attached hydrogens (primary N) is 1. The van der Waals surface area contributed by atoms with Crippen LogP contribution >= 0.6 is 0 Å². The third kappa shape index (κ3) is 5.91. The summed E-state index contributed by atoms with van der Waals surface area (Å²) >= 11 is 0. The molecule has 5 heteroatoms. The first-order valence-electron chi connectivity index (χ1n) is 6.04. The molecule has 0 aliphatic rings. The molecule has 102 valence electrons. The van der Waals surface area contributed by atoms with Gasteiger partial charge in [0.25, 0.3) is 0 Å². The van der Waals surface area contributed by atoms with E-state index in [0.717, 1.165) is 12.0 Å². The Kier molecular flexibility index (Phi) is 5.47. The van der Waals surface area contributed by atoms with Gasteiger partial charge in [-0.25, -0.2) is 0 Å². The summed E-state index contributed by atoms with van der Waals surface area (Å²) in [6.07, 6.45) is -2.67. The second kappa shape index (κ2) is 6.64. The molecule has 0 heterocycles. The second-order valence-electron chi connectivity index (χ2n) is 4.33. The van der Waals surface area contributed by atoms with Crippen LogP contribution in [0.2, 0.25) is 0 Å². The predicted octanol–water partition coefficient (Wildman–Crippen LogP) is 3.09. The number of hydrogen-bond donors (Lipinski definition) is 1. The molecular formula is C13H19F3N2. The fourth-order valence-corrected chi connectivity index (χ4v) is 1.86. The number of aryl methyl sites for hydroxylation is 1. The first-order valence-corrected chi connectivity index (χ1v) is 6.04. The Bertz CT molecular complexity index is 363. The van der Waals surface area contributed by atoms with Gasteiger partial charge in [-0.15, -0.1) is 0 Å². The SMILES string of the molecule is CCN(CCCc1cccc(N)c1)CC(F)(F)F. The zero-order chi connectivity index (χ0) is 13.6. The Morgan fingerprint density at radius 1 is 1.28 bits per heavy atom. The number of rotatable bonds is 6. The van der Waals surface area contributed by atoms with Crippen LogP contribution in [0.1, 0.15) is 18.9 Å². The van der Waals surface area contributed by atoms with Crippen molar-refractivity contribution in [3.63, 3.8) is 0 Å². The van der Waals surface area contributed by atoms with E-state index in [2.05, 4.69) is 0 Å². The zero-order valence-corrected chi connectivity index (χ0v) is 10.5. The number of anilines is 1. The van der Waals surface area contributed by atoms with Crippen LogP contribution < -0.4 is 5.73 Å². The Labute approximate surface area is 106 Å². The minimum Gasteiger partial charge on any atom is -0.399 e. The van der Waals surface area contributed by atoms with Crippen LogP contribution in [0, 0.1) is 0 Å². The quantitative estimate of drug-likeness (QED) is 0.796. The summed E-state index contributed by atoms with van der Waals surface area (Å²) in [5.74, 6) is 0. The standard InChI is InChI=1S/C13H19F3N2/c1-2-18(10-13(14,15)16)8-4-6-11-5-3-7-12(17)9-11/h3,5,7,9H,2,4,6,8,10,17H2,1H3. The van der Waals surface area contributed by atoms with Crippen LogP contribution in [0.3, 0.4) is 0 Å². The van der Waals surface area contributed by atoms with Crippen molar-refractivity contribution in [2.45, 2.75) is 25.9 Å². The van der Waals surface area contributed by atoms with Gasteiger partial charge >= 0.3 is 6.18 Å². The van der Waals surface area contributed by atoms with Gasteiger partial charge in [-0.05, 0) is 43.6 Å². The van der Waals surface area contributed by atoms with Crippen LogP contribution in [0.4, 0.5) is 18.9 Å². The number of hydrogen-bond acceptors (Lipinski definition) is 2. The first-order chi connectivity index (χ1) is 8.40. The molecule has 0 fully saturated rings. The minimum atomic E-state index is -4.12. The molecule has 0 saturated carbocycles. The van der Waals surface area contributed by atoms with Crippen molar-refractivity contribution in [2.24, 2.45) is 0 Å². The summed E-state index contributed by atoms with van der Waals surface area (Å²) in [5.41, 5.74) is 7.40. The second-order valence-corrected chi connectivity index (χ2v) is 4.33. The van der Waals surface area contributed by atoms with E-state index in [9.17, 15) is 13.2 Å². The molecule has 0 amide bonds. The molecule has 0 aliphatic carbocycles. The molecule has 1 aromatic rings. The summed E-state index contributed by atoms with van der Waals surface area (Å²) in [6.45, 7) is 1.77. The maximum atomic E-state index is 12.2. The third-order valence-electron chi connectivity index (χ3n) is 2.74. The molecule has 18 heavy (non-hydrogen) atoms. The van der Waals surface area contributed by atoms with Crippen LogP contribution in [-0.4, -0.2) is 30.7 Å². The number of benzene rings is 1. The number of alkyl halides is 3. The van der Waals surface area contributed by atoms with E-state index in [1.54, 1.807) is 13.0 Å². The largest absolute Gasteiger partial charge is 0.401 e. The lowest BCUT2D eigenvalue weighted by molar-refractivity contribution is -0.145. The van der Waals surface area contributed by atoms with Gasteiger partial charge in [0.2, 0.25) is 0 Å². The highest BCUT2D eigenvalue weighted by molar-refractivity contribution is 5.40. The Morgan fingerprint density at radius 2 is 2.00 bits per heavy atom. The van der Waals surface area contributed by atoms with E-state index in [1.165, 1.54) is 4.90 Å². The molecule has 0 radical (unpaired) electrons. The van der Waals surface area contributed by atoms with Crippen LogP contribution in [0.5, 0.6) is 0 Å². The predicted molar refractivity (Wildman–Crippen MR) is 67.3 cm³/mol. The molecule has 0 bridgehead atoms. The molecular weight excluding hydrogens is 241 g/mol. The van der Waals surface area contributed by atoms with Crippen molar-refractivity contribution < 1.29 is 13.2 Å². The fourth-order valence-electron chi connectivity index (χ4n) is 1.86. The zero-order valence-electron chi connectivity index (χ0n) is 10.5. The lowest BCUT2D eigenvalue weighted by Crippen LogP contribution is -2.34. The van der Waals surface area contributed by atoms with Gasteiger partial charge < -0.3 is 5.73 Å². The Hall–Kier alpha value is -1.23. The topological polar surface area (TPSA) is 29.3 Å². The normalized spacial score (nSPS) is 12.1. The molecule has 0 spiro atoms. The minimum absolute atomic E-state index is 0.413. The van der Waals surface area contributed by atoms with Crippen LogP contribution in [-0.2, 0) is 6.42 Å². The lowest BCUT2D eigenvalue weighted by Gasteiger charge is -2.21. The van der Waals surface area contributed by atoms with Gasteiger partial charge in [0, 0.05) is 5.69 Å². The molecule has 1 rings (SSSR count). The van der Waals surface area contributed by atoms with E-state index >= 15 is 0 Å². The van der Waals surface area contributed by atoms with Gasteiger partial charge in [-0.2, -0.15) is 13.2 Å². The van der Waals surface area contributed by atoms with E-state index in [0.29, 0.717) is 25.2 Å². The molecule has 1 aromatic carbocycles. The van der Waals surface area contributed by atoms with Crippen LogP contribution in [0.25, 0.3) is 0 Å². The summed E-state index contributed by atoms with van der Waals surface area (Å²) in [4.78, 5) is 1.41. The van der Waals surface area contributed by atoms with Gasteiger partial charge in [-0.3, -0.25) is 4.90 Å². The molecule has 2 N–H and O–H groups in total. The lowest BCUT2D eigenvalue weighted by atomic mass is 10.1. The van der Waals surface area contributed by atoms with Crippen molar-refractivity contribution in [1.29, 1.82) is 0 Å². The van der Waals surface area contributed by atoms with E-state index in [-0.39, 0.29) is 0 Å². The fraction of sp³-hybridized carbons (Fsp3) is 0.538. The van der Waals surface area contributed by atoms with E-state index in [4.69, 9.17) is 5.73 Å². The maximum absolute atomic E-state index is 12.2. The number of halogens is 3.